The second-order valence-corrected chi connectivity index (χ2v) is 6.20. The highest BCUT2D eigenvalue weighted by Gasteiger charge is 2.49. The van der Waals surface area contributed by atoms with E-state index in [0.29, 0.717) is 24.8 Å². The lowest BCUT2D eigenvalue weighted by atomic mass is 9.81. The van der Waals surface area contributed by atoms with Gasteiger partial charge in [-0.2, -0.15) is 0 Å². The van der Waals surface area contributed by atoms with Crippen LogP contribution in [-0.4, -0.2) is 36.3 Å². The Morgan fingerprint density at radius 2 is 2.00 bits per heavy atom. The highest BCUT2D eigenvalue weighted by Crippen LogP contribution is 2.40. The molecule has 2 aliphatic rings. The summed E-state index contributed by atoms with van der Waals surface area (Å²) in [5.74, 6) is 1.11. The molecule has 1 N–H and O–H groups in total. The van der Waals surface area contributed by atoms with Crippen molar-refractivity contribution >= 4 is 11.8 Å². The minimum Gasteiger partial charge on any atom is -0.316 e. The summed E-state index contributed by atoms with van der Waals surface area (Å²) in [6.45, 7) is 8.86. The topological polar surface area (TPSA) is 49.4 Å². The van der Waals surface area contributed by atoms with Gasteiger partial charge in [-0.3, -0.25) is 14.5 Å². The lowest BCUT2D eigenvalue weighted by Gasteiger charge is -2.32. The molecule has 4 nitrogen and oxygen atoms in total. The first-order valence-corrected chi connectivity index (χ1v) is 7.59. The van der Waals surface area contributed by atoms with Gasteiger partial charge in [0.05, 0.1) is 5.41 Å². The van der Waals surface area contributed by atoms with Gasteiger partial charge in [0.2, 0.25) is 11.8 Å². The SMILES string of the molecule is CCC1(CC)CC(=O)N(CC2CCNCC2C)C1=O. The van der Waals surface area contributed by atoms with Crippen LogP contribution in [0.4, 0.5) is 0 Å². The molecular weight excluding hydrogens is 240 g/mol. The van der Waals surface area contributed by atoms with Crippen LogP contribution in [0.5, 0.6) is 0 Å². The van der Waals surface area contributed by atoms with Gasteiger partial charge in [-0.25, -0.2) is 0 Å². The van der Waals surface area contributed by atoms with Crippen molar-refractivity contribution in [1.29, 1.82) is 0 Å². The van der Waals surface area contributed by atoms with Crippen LogP contribution in [0, 0.1) is 17.3 Å². The van der Waals surface area contributed by atoms with Gasteiger partial charge in [0.1, 0.15) is 0 Å². The fourth-order valence-corrected chi connectivity index (χ4v) is 3.42. The molecule has 2 rings (SSSR count). The summed E-state index contributed by atoms with van der Waals surface area (Å²) in [6, 6.07) is 0. The van der Waals surface area contributed by atoms with Crippen molar-refractivity contribution < 1.29 is 9.59 Å². The van der Waals surface area contributed by atoms with Gasteiger partial charge < -0.3 is 5.32 Å². The summed E-state index contributed by atoms with van der Waals surface area (Å²) in [5, 5.41) is 3.36. The Bertz CT molecular complexity index is 363. The zero-order valence-electron chi connectivity index (χ0n) is 12.4. The van der Waals surface area contributed by atoms with E-state index in [0.717, 1.165) is 32.4 Å². The number of rotatable bonds is 4. The van der Waals surface area contributed by atoms with Crippen molar-refractivity contribution in [3.8, 4) is 0 Å². The standard InChI is InChI=1S/C15H26N2O2/c1-4-15(5-2)8-13(18)17(14(15)19)10-12-6-7-16-9-11(12)3/h11-12,16H,4-10H2,1-3H3. The molecule has 2 saturated heterocycles. The molecule has 0 aliphatic carbocycles. The molecule has 0 saturated carbocycles. The van der Waals surface area contributed by atoms with Crippen molar-refractivity contribution in [2.75, 3.05) is 19.6 Å². The fraction of sp³-hybridized carbons (Fsp3) is 0.867. The molecule has 2 atom stereocenters. The van der Waals surface area contributed by atoms with Crippen LogP contribution in [0.25, 0.3) is 0 Å². The quantitative estimate of drug-likeness (QED) is 0.789. The van der Waals surface area contributed by atoms with E-state index >= 15 is 0 Å². The molecule has 0 spiro atoms. The van der Waals surface area contributed by atoms with E-state index in [4.69, 9.17) is 0 Å². The van der Waals surface area contributed by atoms with Crippen molar-refractivity contribution in [3.63, 3.8) is 0 Å². The molecule has 0 aromatic heterocycles. The average Bonchev–Trinajstić information content (AvgIpc) is 2.66. The summed E-state index contributed by atoms with van der Waals surface area (Å²) in [7, 11) is 0. The minimum absolute atomic E-state index is 0.0411. The summed E-state index contributed by atoms with van der Waals surface area (Å²) in [5.41, 5.74) is -0.409. The average molecular weight is 266 g/mol. The maximum Gasteiger partial charge on any atom is 0.235 e. The number of likely N-dealkylation sites (tertiary alicyclic amines) is 1. The lowest BCUT2D eigenvalue weighted by molar-refractivity contribution is -0.142. The molecule has 0 radical (unpaired) electrons. The molecule has 0 aromatic carbocycles. The van der Waals surface area contributed by atoms with Crippen LogP contribution in [0.2, 0.25) is 0 Å². The number of piperidine rings is 1. The van der Waals surface area contributed by atoms with E-state index in [2.05, 4.69) is 12.2 Å². The number of nitrogens with zero attached hydrogens (tertiary/aromatic N) is 1. The summed E-state index contributed by atoms with van der Waals surface area (Å²) in [4.78, 5) is 26.3. The van der Waals surface area contributed by atoms with E-state index in [1.54, 1.807) is 4.90 Å². The molecule has 4 heteroatoms. The van der Waals surface area contributed by atoms with Crippen molar-refractivity contribution in [3.05, 3.63) is 0 Å². The fourth-order valence-electron chi connectivity index (χ4n) is 3.42. The molecule has 19 heavy (non-hydrogen) atoms. The Morgan fingerprint density at radius 1 is 1.32 bits per heavy atom. The zero-order chi connectivity index (χ0) is 14.0. The highest BCUT2D eigenvalue weighted by molar-refractivity contribution is 6.05. The normalized spacial score (nSPS) is 31.0. The van der Waals surface area contributed by atoms with Crippen LogP contribution in [-0.2, 0) is 9.59 Å². The van der Waals surface area contributed by atoms with Gasteiger partial charge in [0, 0.05) is 13.0 Å². The molecule has 0 aromatic rings. The van der Waals surface area contributed by atoms with Crippen LogP contribution >= 0.6 is 0 Å². The van der Waals surface area contributed by atoms with E-state index in [1.165, 1.54) is 0 Å². The first-order valence-electron chi connectivity index (χ1n) is 7.59. The predicted octanol–water partition coefficient (Wildman–Crippen LogP) is 1.80. The summed E-state index contributed by atoms with van der Waals surface area (Å²) >= 11 is 0. The number of hydrogen-bond acceptors (Lipinski definition) is 3. The van der Waals surface area contributed by atoms with E-state index in [1.807, 2.05) is 13.8 Å². The third-order valence-electron chi connectivity index (χ3n) is 5.22. The molecule has 2 unspecified atom stereocenters. The zero-order valence-corrected chi connectivity index (χ0v) is 12.4. The number of imide groups is 1. The predicted molar refractivity (Wildman–Crippen MR) is 74.5 cm³/mol. The first kappa shape index (κ1) is 14.5. The van der Waals surface area contributed by atoms with Gasteiger partial charge >= 0.3 is 0 Å². The Labute approximate surface area is 115 Å². The second kappa shape index (κ2) is 5.61. The third kappa shape index (κ3) is 2.55. The monoisotopic (exact) mass is 266 g/mol. The van der Waals surface area contributed by atoms with Crippen molar-refractivity contribution in [1.82, 2.24) is 10.2 Å². The lowest BCUT2D eigenvalue weighted by Crippen LogP contribution is -2.44. The molecule has 0 bridgehead atoms. The summed E-state index contributed by atoms with van der Waals surface area (Å²) < 4.78 is 0. The van der Waals surface area contributed by atoms with Gasteiger partial charge in [-0.05, 0) is 44.2 Å². The number of carbonyl (C=O) groups is 2. The maximum atomic E-state index is 12.6. The number of hydrogen-bond donors (Lipinski definition) is 1. The number of amides is 2. The third-order valence-corrected chi connectivity index (χ3v) is 5.22. The van der Waals surface area contributed by atoms with Crippen molar-refractivity contribution in [2.45, 2.75) is 46.5 Å². The Morgan fingerprint density at radius 3 is 2.53 bits per heavy atom. The van der Waals surface area contributed by atoms with Gasteiger partial charge in [-0.15, -0.1) is 0 Å². The summed E-state index contributed by atoms with van der Waals surface area (Å²) in [6.07, 6.45) is 3.01. The van der Waals surface area contributed by atoms with Gasteiger partial charge in [-0.1, -0.05) is 20.8 Å². The smallest absolute Gasteiger partial charge is 0.235 e. The highest BCUT2D eigenvalue weighted by atomic mass is 16.2. The second-order valence-electron chi connectivity index (χ2n) is 6.20. The van der Waals surface area contributed by atoms with Crippen LogP contribution in [0.3, 0.4) is 0 Å². The first-order chi connectivity index (χ1) is 9.04. The van der Waals surface area contributed by atoms with Gasteiger partial charge in [0.25, 0.3) is 0 Å². The van der Waals surface area contributed by atoms with E-state index < -0.39 is 5.41 Å². The van der Waals surface area contributed by atoms with Crippen LogP contribution in [0.1, 0.15) is 46.5 Å². The van der Waals surface area contributed by atoms with Gasteiger partial charge in [0.15, 0.2) is 0 Å². The van der Waals surface area contributed by atoms with E-state index in [9.17, 15) is 9.59 Å². The van der Waals surface area contributed by atoms with Crippen molar-refractivity contribution in [2.24, 2.45) is 17.3 Å². The Kier molecular flexibility index (Phi) is 4.29. The van der Waals surface area contributed by atoms with Crippen LogP contribution in [0.15, 0.2) is 0 Å². The molecular formula is C15H26N2O2. The molecule has 2 heterocycles. The minimum atomic E-state index is -0.409. The number of nitrogens with one attached hydrogen (secondary N) is 1. The number of carbonyl (C=O) groups excluding carboxylic acids is 2. The van der Waals surface area contributed by atoms with E-state index in [-0.39, 0.29) is 11.8 Å². The maximum absolute atomic E-state index is 12.6. The molecule has 2 aliphatic heterocycles. The Balaban J connectivity index is 2.08. The molecule has 108 valence electrons. The molecule has 2 fully saturated rings. The Hall–Kier alpha value is -0.900. The largest absolute Gasteiger partial charge is 0.316 e. The van der Waals surface area contributed by atoms with Crippen LogP contribution < -0.4 is 5.32 Å². The molecule has 2 amide bonds.